The molecule has 0 bridgehead atoms. The molecule has 0 saturated heterocycles. The molecule has 0 spiro atoms. The summed E-state index contributed by atoms with van der Waals surface area (Å²) in [5.41, 5.74) is 3.67. The van der Waals surface area contributed by atoms with E-state index in [4.69, 9.17) is 11.6 Å². The van der Waals surface area contributed by atoms with E-state index in [1.165, 1.54) is 5.56 Å². The van der Waals surface area contributed by atoms with Crippen molar-refractivity contribution in [3.8, 4) is 0 Å². The normalized spacial score (nSPS) is 17.0. The first-order chi connectivity index (χ1) is 11.6. The maximum Gasteiger partial charge on any atom is 0.263 e. The third-order valence-electron chi connectivity index (χ3n) is 4.72. The Morgan fingerprint density at radius 1 is 1.33 bits per heavy atom. The van der Waals surface area contributed by atoms with Gasteiger partial charge in [0.1, 0.15) is 6.33 Å². The van der Waals surface area contributed by atoms with Gasteiger partial charge < -0.3 is 0 Å². The third-order valence-corrected chi connectivity index (χ3v) is 5.09. The first-order valence-corrected chi connectivity index (χ1v) is 8.61. The van der Waals surface area contributed by atoms with E-state index in [0.29, 0.717) is 28.5 Å². The van der Waals surface area contributed by atoms with Crippen LogP contribution in [0.2, 0.25) is 5.02 Å². The lowest BCUT2D eigenvalue weighted by atomic mass is 9.87. The maximum absolute atomic E-state index is 12.9. The van der Waals surface area contributed by atoms with E-state index in [-0.39, 0.29) is 5.56 Å². The Hall–Kier alpha value is -2.20. The van der Waals surface area contributed by atoms with E-state index >= 15 is 0 Å². The minimum absolute atomic E-state index is 0.0616. The molecule has 1 aromatic carbocycles. The topological polar surface area (TPSA) is 47.8 Å². The molecule has 1 aliphatic rings. The Morgan fingerprint density at radius 2 is 2.17 bits per heavy atom. The van der Waals surface area contributed by atoms with Crippen LogP contribution in [0, 0.1) is 5.92 Å². The van der Waals surface area contributed by atoms with Crippen LogP contribution in [0.3, 0.4) is 0 Å². The molecule has 4 nitrogen and oxygen atoms in total. The van der Waals surface area contributed by atoms with Crippen LogP contribution < -0.4 is 5.56 Å². The van der Waals surface area contributed by atoms with Gasteiger partial charge in [-0.15, -0.1) is 0 Å². The van der Waals surface area contributed by atoms with Crippen molar-refractivity contribution in [2.24, 2.45) is 5.92 Å². The number of rotatable bonds is 2. The molecule has 3 aromatic rings. The third kappa shape index (κ3) is 2.71. The highest BCUT2D eigenvalue weighted by molar-refractivity contribution is 6.31. The zero-order chi connectivity index (χ0) is 16.7. The van der Waals surface area contributed by atoms with Crippen molar-refractivity contribution in [2.75, 3.05) is 0 Å². The van der Waals surface area contributed by atoms with Crippen molar-refractivity contribution in [2.45, 2.75) is 32.7 Å². The predicted octanol–water partition coefficient (Wildman–Crippen LogP) is 3.62. The number of halogens is 1. The Bertz CT molecular complexity index is 980. The largest absolute Gasteiger partial charge is 0.294 e. The van der Waals surface area contributed by atoms with Crippen molar-refractivity contribution >= 4 is 22.6 Å². The lowest BCUT2D eigenvalue weighted by Crippen LogP contribution is -2.23. The minimum atomic E-state index is -0.0616. The van der Waals surface area contributed by atoms with Gasteiger partial charge in [-0.2, -0.15) is 0 Å². The lowest BCUT2D eigenvalue weighted by Gasteiger charge is -2.20. The fraction of sp³-hybridized carbons (Fsp3) is 0.316. The fourth-order valence-electron chi connectivity index (χ4n) is 3.35. The van der Waals surface area contributed by atoms with Crippen LogP contribution in [0.1, 0.15) is 30.2 Å². The van der Waals surface area contributed by atoms with Crippen LogP contribution in [0.5, 0.6) is 0 Å². The molecule has 0 unspecified atom stereocenters. The van der Waals surface area contributed by atoms with Crippen molar-refractivity contribution in [1.82, 2.24) is 14.5 Å². The molecule has 122 valence electrons. The average molecular weight is 340 g/mol. The summed E-state index contributed by atoms with van der Waals surface area (Å²) in [6.45, 7) is 2.65. The van der Waals surface area contributed by atoms with Gasteiger partial charge in [0, 0.05) is 10.7 Å². The molecule has 0 amide bonds. The SMILES string of the molecule is C[C@H]1CCc2nc3ncn(Cc4ccccc4Cl)c(=O)c3cc2C1. The molecule has 5 heteroatoms. The van der Waals surface area contributed by atoms with Crippen LogP contribution in [0.4, 0.5) is 0 Å². The predicted molar refractivity (Wildman–Crippen MR) is 95.5 cm³/mol. The highest BCUT2D eigenvalue weighted by Gasteiger charge is 2.18. The number of fused-ring (bicyclic) bond motifs is 2. The zero-order valence-corrected chi connectivity index (χ0v) is 14.3. The molecule has 24 heavy (non-hydrogen) atoms. The van der Waals surface area contributed by atoms with E-state index in [1.54, 1.807) is 10.9 Å². The zero-order valence-electron chi connectivity index (χ0n) is 13.5. The summed E-state index contributed by atoms with van der Waals surface area (Å²) in [5, 5.41) is 1.25. The monoisotopic (exact) mass is 339 g/mol. The van der Waals surface area contributed by atoms with Crippen LogP contribution >= 0.6 is 11.6 Å². The number of aromatic nitrogens is 3. The summed E-state index contributed by atoms with van der Waals surface area (Å²) < 4.78 is 1.60. The Kier molecular flexibility index (Phi) is 3.85. The summed E-state index contributed by atoms with van der Waals surface area (Å²) in [7, 11) is 0. The van der Waals surface area contributed by atoms with Gasteiger partial charge in [-0.25, -0.2) is 9.97 Å². The highest BCUT2D eigenvalue weighted by Crippen LogP contribution is 2.25. The molecule has 4 rings (SSSR count). The van der Waals surface area contributed by atoms with Gasteiger partial charge in [0.2, 0.25) is 0 Å². The Labute approximate surface area is 145 Å². The fourth-order valence-corrected chi connectivity index (χ4v) is 3.54. The first-order valence-electron chi connectivity index (χ1n) is 8.23. The number of aryl methyl sites for hydroxylation is 1. The molecule has 2 heterocycles. The van der Waals surface area contributed by atoms with Crippen LogP contribution in [0.15, 0.2) is 41.5 Å². The average Bonchev–Trinajstić information content (AvgIpc) is 2.58. The van der Waals surface area contributed by atoms with E-state index in [9.17, 15) is 4.79 Å². The summed E-state index contributed by atoms with van der Waals surface area (Å²) in [5.74, 6) is 0.638. The van der Waals surface area contributed by atoms with Crippen LogP contribution in [0.25, 0.3) is 11.0 Å². The van der Waals surface area contributed by atoms with E-state index in [1.807, 2.05) is 30.3 Å². The second-order valence-electron chi connectivity index (χ2n) is 6.58. The van der Waals surface area contributed by atoms with Crippen LogP contribution in [-0.4, -0.2) is 14.5 Å². The highest BCUT2D eigenvalue weighted by atomic mass is 35.5. The van der Waals surface area contributed by atoms with Gasteiger partial charge in [0.25, 0.3) is 5.56 Å². The van der Waals surface area contributed by atoms with Gasteiger partial charge in [-0.3, -0.25) is 9.36 Å². The first kappa shape index (κ1) is 15.3. The van der Waals surface area contributed by atoms with Crippen molar-refractivity contribution in [3.05, 3.63) is 68.9 Å². The standard InChI is InChI=1S/C19H18ClN3O/c1-12-6-7-17-14(8-12)9-15-18(22-17)21-11-23(19(15)24)10-13-4-2-3-5-16(13)20/h2-5,9,11-12H,6-8,10H2,1H3/t12-/m0/s1. The molecular formula is C19H18ClN3O. The quantitative estimate of drug-likeness (QED) is 0.716. The summed E-state index contributed by atoms with van der Waals surface area (Å²) in [4.78, 5) is 21.9. The van der Waals surface area contributed by atoms with Crippen LogP contribution in [-0.2, 0) is 19.4 Å². The second kappa shape index (κ2) is 6.02. The molecule has 0 radical (unpaired) electrons. The number of nitrogens with zero attached hydrogens (tertiary/aromatic N) is 3. The molecule has 0 fully saturated rings. The van der Waals surface area contributed by atoms with Crippen molar-refractivity contribution in [3.63, 3.8) is 0 Å². The number of hydrogen-bond donors (Lipinski definition) is 0. The van der Waals surface area contributed by atoms with Crippen molar-refractivity contribution < 1.29 is 0 Å². The van der Waals surface area contributed by atoms with Gasteiger partial charge in [-0.1, -0.05) is 36.7 Å². The molecule has 0 aliphatic heterocycles. The minimum Gasteiger partial charge on any atom is -0.294 e. The van der Waals surface area contributed by atoms with Gasteiger partial charge in [0.05, 0.1) is 11.9 Å². The second-order valence-corrected chi connectivity index (χ2v) is 6.99. The molecule has 0 N–H and O–H groups in total. The van der Waals surface area contributed by atoms with Gasteiger partial charge in [-0.05, 0) is 48.4 Å². The maximum atomic E-state index is 12.9. The van der Waals surface area contributed by atoms with E-state index < -0.39 is 0 Å². The molecule has 1 atom stereocenters. The Balaban J connectivity index is 1.80. The number of hydrogen-bond acceptors (Lipinski definition) is 3. The smallest absolute Gasteiger partial charge is 0.263 e. The van der Waals surface area contributed by atoms with Crippen molar-refractivity contribution in [1.29, 1.82) is 0 Å². The summed E-state index contributed by atoms with van der Waals surface area (Å²) in [6.07, 6.45) is 4.67. The summed E-state index contributed by atoms with van der Waals surface area (Å²) in [6, 6.07) is 9.54. The lowest BCUT2D eigenvalue weighted by molar-refractivity contribution is 0.495. The van der Waals surface area contributed by atoms with Gasteiger partial charge >= 0.3 is 0 Å². The molecule has 0 saturated carbocycles. The molecule has 2 aromatic heterocycles. The van der Waals surface area contributed by atoms with E-state index in [0.717, 1.165) is 30.5 Å². The Morgan fingerprint density at radius 3 is 3.00 bits per heavy atom. The summed E-state index contributed by atoms with van der Waals surface area (Å²) >= 11 is 6.21. The van der Waals surface area contributed by atoms with E-state index in [2.05, 4.69) is 16.9 Å². The molecular weight excluding hydrogens is 322 g/mol. The number of pyridine rings is 1. The number of benzene rings is 1. The van der Waals surface area contributed by atoms with Gasteiger partial charge in [0.15, 0.2) is 5.65 Å². The molecule has 1 aliphatic carbocycles.